The molecule has 0 atom stereocenters. The standard InChI is InChI=1S/C24H27N3O7/c1-30-17-11-20(31-2)23(21(12-17)32-3)15-6-8-27(9-7-15)13-22(28)26-24(29)25-16-4-5-18-19(10-16)34-14-33-18/h4-6,10-12H,7-9,13-14H2,1-3H3,(H2,25,26,28,29). The molecule has 0 spiro atoms. The number of methoxy groups -OCH3 is 3. The van der Waals surface area contributed by atoms with E-state index >= 15 is 0 Å². The summed E-state index contributed by atoms with van der Waals surface area (Å²) >= 11 is 0. The first-order valence-corrected chi connectivity index (χ1v) is 10.7. The molecule has 0 saturated carbocycles. The van der Waals surface area contributed by atoms with Crippen LogP contribution in [0.5, 0.6) is 28.7 Å². The van der Waals surface area contributed by atoms with Gasteiger partial charge in [0, 0.05) is 37.0 Å². The van der Waals surface area contributed by atoms with Crippen molar-refractivity contribution in [1.29, 1.82) is 0 Å². The van der Waals surface area contributed by atoms with Crippen LogP contribution in [0.3, 0.4) is 0 Å². The molecule has 0 radical (unpaired) electrons. The lowest BCUT2D eigenvalue weighted by Gasteiger charge is -2.27. The van der Waals surface area contributed by atoms with Gasteiger partial charge in [-0.3, -0.25) is 15.0 Å². The van der Waals surface area contributed by atoms with E-state index in [1.165, 1.54) is 0 Å². The SMILES string of the molecule is COc1cc(OC)c(C2=CCN(CC(=O)NC(=O)Nc3ccc4c(c3)OCO4)CC2)c(OC)c1. The highest BCUT2D eigenvalue weighted by atomic mass is 16.7. The number of hydrogen-bond acceptors (Lipinski definition) is 8. The Labute approximate surface area is 197 Å². The minimum Gasteiger partial charge on any atom is -0.496 e. The van der Waals surface area contributed by atoms with Gasteiger partial charge in [0.25, 0.3) is 0 Å². The molecular formula is C24H27N3O7. The zero-order valence-corrected chi connectivity index (χ0v) is 19.3. The van der Waals surface area contributed by atoms with Crippen LogP contribution < -0.4 is 34.3 Å². The highest BCUT2D eigenvalue weighted by Crippen LogP contribution is 2.40. The number of nitrogens with zero attached hydrogens (tertiary/aromatic N) is 1. The topological polar surface area (TPSA) is 108 Å². The maximum absolute atomic E-state index is 12.4. The zero-order chi connectivity index (χ0) is 24.1. The summed E-state index contributed by atoms with van der Waals surface area (Å²) < 4.78 is 27.0. The van der Waals surface area contributed by atoms with Gasteiger partial charge in [0.05, 0.1) is 33.4 Å². The van der Waals surface area contributed by atoms with Crippen LogP contribution in [0.25, 0.3) is 5.57 Å². The number of carbonyl (C=O) groups excluding carboxylic acids is 2. The lowest BCUT2D eigenvalue weighted by atomic mass is 9.97. The van der Waals surface area contributed by atoms with E-state index in [-0.39, 0.29) is 13.3 Å². The summed E-state index contributed by atoms with van der Waals surface area (Å²) in [5.74, 6) is 2.73. The van der Waals surface area contributed by atoms with Gasteiger partial charge in [0.1, 0.15) is 17.2 Å². The van der Waals surface area contributed by atoms with Gasteiger partial charge in [-0.1, -0.05) is 6.08 Å². The third-order valence-electron chi connectivity index (χ3n) is 5.58. The number of hydrogen-bond donors (Lipinski definition) is 2. The van der Waals surface area contributed by atoms with Gasteiger partial charge in [-0.15, -0.1) is 0 Å². The molecule has 4 rings (SSSR count). The summed E-state index contributed by atoms with van der Waals surface area (Å²) in [4.78, 5) is 26.6. The molecule has 2 heterocycles. The van der Waals surface area contributed by atoms with Gasteiger partial charge in [-0.2, -0.15) is 0 Å². The highest BCUT2D eigenvalue weighted by molar-refractivity contribution is 6.02. The molecule has 2 aliphatic heterocycles. The van der Waals surface area contributed by atoms with Crippen LogP contribution in [0.4, 0.5) is 10.5 Å². The van der Waals surface area contributed by atoms with Crippen molar-refractivity contribution in [2.24, 2.45) is 0 Å². The van der Waals surface area contributed by atoms with Crippen LogP contribution in [0.15, 0.2) is 36.4 Å². The lowest BCUT2D eigenvalue weighted by Crippen LogP contribution is -2.43. The highest BCUT2D eigenvalue weighted by Gasteiger charge is 2.22. The first kappa shape index (κ1) is 23.2. The Balaban J connectivity index is 1.33. The molecule has 180 valence electrons. The van der Waals surface area contributed by atoms with E-state index in [9.17, 15) is 9.59 Å². The molecule has 2 aromatic carbocycles. The van der Waals surface area contributed by atoms with Crippen molar-refractivity contribution >= 4 is 23.2 Å². The van der Waals surface area contributed by atoms with Crippen LogP contribution in [-0.4, -0.2) is 64.6 Å². The number of ether oxygens (including phenoxy) is 5. The number of nitrogens with one attached hydrogen (secondary N) is 2. The van der Waals surface area contributed by atoms with E-state index in [0.29, 0.717) is 53.9 Å². The summed E-state index contributed by atoms with van der Waals surface area (Å²) in [6.45, 7) is 1.43. The molecule has 2 aromatic rings. The first-order chi connectivity index (χ1) is 16.5. The molecule has 10 nitrogen and oxygen atoms in total. The number of fused-ring (bicyclic) bond motifs is 1. The van der Waals surface area contributed by atoms with Crippen molar-refractivity contribution in [3.63, 3.8) is 0 Å². The van der Waals surface area contributed by atoms with Gasteiger partial charge < -0.3 is 29.0 Å². The normalized spacial score (nSPS) is 14.7. The molecule has 2 N–H and O–H groups in total. The smallest absolute Gasteiger partial charge is 0.325 e. The molecule has 0 unspecified atom stereocenters. The van der Waals surface area contributed by atoms with Crippen molar-refractivity contribution in [1.82, 2.24) is 10.2 Å². The molecule has 0 saturated heterocycles. The number of rotatable bonds is 7. The summed E-state index contributed by atoms with van der Waals surface area (Å²) in [5, 5.41) is 4.99. The Morgan fingerprint density at radius 3 is 2.38 bits per heavy atom. The molecular weight excluding hydrogens is 442 g/mol. The predicted octanol–water partition coefficient (Wildman–Crippen LogP) is 2.88. The Bertz CT molecular complexity index is 1090. The van der Waals surface area contributed by atoms with Crippen molar-refractivity contribution in [3.05, 3.63) is 42.0 Å². The molecule has 2 aliphatic rings. The average molecular weight is 469 g/mol. The molecule has 0 aliphatic carbocycles. The van der Waals surface area contributed by atoms with Crippen LogP contribution in [0.2, 0.25) is 0 Å². The molecule has 10 heteroatoms. The number of urea groups is 1. The van der Waals surface area contributed by atoms with E-state index < -0.39 is 11.9 Å². The van der Waals surface area contributed by atoms with E-state index in [1.54, 1.807) is 39.5 Å². The lowest BCUT2D eigenvalue weighted by molar-refractivity contribution is -0.121. The Hall–Kier alpha value is -3.92. The fourth-order valence-corrected chi connectivity index (χ4v) is 3.91. The maximum Gasteiger partial charge on any atom is 0.325 e. The first-order valence-electron chi connectivity index (χ1n) is 10.7. The third-order valence-corrected chi connectivity index (χ3v) is 5.58. The number of imide groups is 1. The number of anilines is 1. The van der Waals surface area contributed by atoms with Gasteiger partial charge in [-0.05, 0) is 24.1 Å². The van der Waals surface area contributed by atoms with Crippen LogP contribution in [0, 0.1) is 0 Å². The maximum atomic E-state index is 12.4. The summed E-state index contributed by atoms with van der Waals surface area (Å²) in [6, 6.07) is 8.05. The second-order valence-electron chi connectivity index (χ2n) is 7.69. The van der Waals surface area contributed by atoms with Gasteiger partial charge in [-0.25, -0.2) is 4.79 Å². The predicted molar refractivity (Wildman–Crippen MR) is 125 cm³/mol. The minimum absolute atomic E-state index is 0.0925. The van der Waals surface area contributed by atoms with Crippen molar-refractivity contribution in [2.75, 3.05) is 53.1 Å². The molecule has 34 heavy (non-hydrogen) atoms. The van der Waals surface area contributed by atoms with Gasteiger partial charge in [0.15, 0.2) is 11.5 Å². The Morgan fingerprint density at radius 2 is 1.74 bits per heavy atom. The van der Waals surface area contributed by atoms with E-state index in [0.717, 1.165) is 11.1 Å². The number of carbonyl (C=O) groups is 2. The van der Waals surface area contributed by atoms with Crippen LogP contribution in [0.1, 0.15) is 12.0 Å². The third kappa shape index (κ3) is 5.18. The molecule has 3 amide bonds. The monoisotopic (exact) mass is 469 g/mol. The second-order valence-corrected chi connectivity index (χ2v) is 7.69. The number of benzene rings is 2. The minimum atomic E-state index is -0.607. The summed E-state index contributed by atoms with van der Waals surface area (Å²) in [6.07, 6.45) is 2.73. The van der Waals surface area contributed by atoms with Crippen molar-refractivity contribution in [2.45, 2.75) is 6.42 Å². The van der Waals surface area contributed by atoms with Crippen LogP contribution in [-0.2, 0) is 4.79 Å². The average Bonchev–Trinajstić information content (AvgIpc) is 3.31. The molecule has 0 bridgehead atoms. The Kier molecular flexibility index (Phi) is 7.07. The molecule has 0 fully saturated rings. The van der Waals surface area contributed by atoms with Gasteiger partial charge >= 0.3 is 6.03 Å². The van der Waals surface area contributed by atoms with Crippen molar-refractivity contribution in [3.8, 4) is 28.7 Å². The molecule has 0 aromatic heterocycles. The summed E-state index contributed by atoms with van der Waals surface area (Å²) in [5.41, 5.74) is 2.44. The van der Waals surface area contributed by atoms with E-state index in [2.05, 4.69) is 10.6 Å². The fraction of sp³-hybridized carbons (Fsp3) is 0.333. The van der Waals surface area contributed by atoms with Crippen LogP contribution >= 0.6 is 0 Å². The fourth-order valence-electron chi connectivity index (χ4n) is 3.91. The summed E-state index contributed by atoms with van der Waals surface area (Å²) in [7, 11) is 4.80. The number of amides is 3. The van der Waals surface area contributed by atoms with E-state index in [4.69, 9.17) is 23.7 Å². The second kappa shape index (κ2) is 10.3. The Morgan fingerprint density at radius 1 is 1.00 bits per heavy atom. The quantitative estimate of drug-likeness (QED) is 0.638. The van der Waals surface area contributed by atoms with Crippen molar-refractivity contribution < 1.29 is 33.3 Å². The zero-order valence-electron chi connectivity index (χ0n) is 19.3. The van der Waals surface area contributed by atoms with Gasteiger partial charge in [0.2, 0.25) is 12.7 Å². The van der Waals surface area contributed by atoms with E-state index in [1.807, 2.05) is 23.1 Å². The largest absolute Gasteiger partial charge is 0.496 e.